The van der Waals surface area contributed by atoms with Crippen LogP contribution in [0.25, 0.3) is 10.9 Å². The van der Waals surface area contributed by atoms with Gasteiger partial charge in [0.1, 0.15) is 5.75 Å². The topological polar surface area (TPSA) is 26.6 Å². The van der Waals surface area contributed by atoms with Gasteiger partial charge < -0.3 is 14.0 Å². The zero-order valence-electron chi connectivity index (χ0n) is 12.3. The SMILES string of the molecule is COc1ccc2c(ccn2C2CC2N2CC3(COC3)C2)c1. The molecule has 5 rings (SSSR count). The van der Waals surface area contributed by atoms with Crippen LogP contribution in [0.2, 0.25) is 0 Å². The molecule has 3 fully saturated rings. The summed E-state index contributed by atoms with van der Waals surface area (Å²) in [6.07, 6.45) is 3.52. The van der Waals surface area contributed by atoms with Crippen LogP contribution in [0.1, 0.15) is 12.5 Å². The summed E-state index contributed by atoms with van der Waals surface area (Å²) in [5, 5.41) is 1.27. The molecular formula is C17H20N2O2. The monoisotopic (exact) mass is 284 g/mol. The fourth-order valence-electron chi connectivity index (χ4n) is 4.04. The van der Waals surface area contributed by atoms with E-state index in [0.29, 0.717) is 11.5 Å². The van der Waals surface area contributed by atoms with Crippen molar-refractivity contribution in [1.82, 2.24) is 9.47 Å². The molecule has 0 N–H and O–H groups in total. The number of benzene rings is 1. The minimum Gasteiger partial charge on any atom is -0.497 e. The van der Waals surface area contributed by atoms with E-state index >= 15 is 0 Å². The number of methoxy groups -OCH3 is 1. The van der Waals surface area contributed by atoms with E-state index in [1.807, 2.05) is 0 Å². The fourth-order valence-corrected chi connectivity index (χ4v) is 4.04. The molecule has 2 aromatic rings. The number of likely N-dealkylation sites (tertiary alicyclic amines) is 1. The Kier molecular flexibility index (Phi) is 2.31. The third-order valence-corrected chi connectivity index (χ3v) is 5.37. The summed E-state index contributed by atoms with van der Waals surface area (Å²) in [5.74, 6) is 0.933. The van der Waals surface area contributed by atoms with Gasteiger partial charge in [-0.25, -0.2) is 0 Å². The van der Waals surface area contributed by atoms with Crippen molar-refractivity contribution in [1.29, 1.82) is 0 Å². The van der Waals surface area contributed by atoms with Crippen molar-refractivity contribution in [2.75, 3.05) is 33.4 Å². The molecule has 4 heteroatoms. The zero-order chi connectivity index (χ0) is 14.0. The number of aromatic nitrogens is 1. The first kappa shape index (κ1) is 12.1. The van der Waals surface area contributed by atoms with E-state index in [4.69, 9.17) is 9.47 Å². The van der Waals surface area contributed by atoms with Gasteiger partial charge in [-0.05, 0) is 30.7 Å². The minimum absolute atomic E-state index is 0.527. The Morgan fingerprint density at radius 3 is 2.76 bits per heavy atom. The van der Waals surface area contributed by atoms with E-state index in [1.165, 1.54) is 30.4 Å². The highest BCUT2D eigenvalue weighted by Gasteiger charge is 2.56. The molecule has 0 amide bonds. The van der Waals surface area contributed by atoms with Crippen LogP contribution in [0.4, 0.5) is 0 Å². The number of rotatable bonds is 3. The lowest BCUT2D eigenvalue weighted by atomic mass is 9.78. The largest absolute Gasteiger partial charge is 0.497 e. The molecule has 1 spiro atoms. The van der Waals surface area contributed by atoms with Gasteiger partial charge in [0, 0.05) is 41.6 Å². The number of hydrogen-bond acceptors (Lipinski definition) is 3. The highest BCUT2D eigenvalue weighted by atomic mass is 16.5. The Hall–Kier alpha value is -1.52. The van der Waals surface area contributed by atoms with Crippen LogP contribution in [0.15, 0.2) is 30.5 Å². The van der Waals surface area contributed by atoms with Crippen molar-refractivity contribution in [2.45, 2.75) is 18.5 Å². The Morgan fingerprint density at radius 2 is 2.05 bits per heavy atom. The van der Waals surface area contributed by atoms with Gasteiger partial charge in [-0.1, -0.05) is 0 Å². The first-order chi connectivity index (χ1) is 10.3. The lowest BCUT2D eigenvalue weighted by Gasteiger charge is -2.55. The Bertz CT molecular complexity index is 696. The maximum Gasteiger partial charge on any atom is 0.119 e. The van der Waals surface area contributed by atoms with Crippen LogP contribution in [0, 0.1) is 5.41 Å². The number of ether oxygens (including phenoxy) is 2. The molecule has 1 aromatic carbocycles. The molecule has 1 aromatic heterocycles. The Labute approximate surface area is 124 Å². The molecule has 110 valence electrons. The number of hydrogen-bond donors (Lipinski definition) is 0. The van der Waals surface area contributed by atoms with Gasteiger partial charge in [0.05, 0.1) is 26.4 Å². The minimum atomic E-state index is 0.527. The summed E-state index contributed by atoms with van der Waals surface area (Å²) >= 11 is 0. The van der Waals surface area contributed by atoms with E-state index < -0.39 is 0 Å². The summed E-state index contributed by atoms with van der Waals surface area (Å²) in [4.78, 5) is 2.64. The van der Waals surface area contributed by atoms with Gasteiger partial charge in [0.15, 0.2) is 0 Å². The molecule has 2 saturated heterocycles. The van der Waals surface area contributed by atoms with E-state index in [2.05, 4.69) is 39.9 Å². The van der Waals surface area contributed by atoms with Gasteiger partial charge >= 0.3 is 0 Å². The standard InChI is InChI=1S/C17H20N2O2/c1-20-13-2-3-14-12(6-13)4-5-19(14)16-7-15(16)18-8-17(9-18)10-21-11-17/h2-6,15-16H,7-11H2,1H3. The second-order valence-corrected chi connectivity index (χ2v) is 6.92. The number of nitrogens with zero attached hydrogens (tertiary/aromatic N) is 2. The van der Waals surface area contributed by atoms with E-state index in [-0.39, 0.29) is 0 Å². The highest BCUT2D eigenvalue weighted by Crippen LogP contribution is 2.49. The molecular weight excluding hydrogens is 264 g/mol. The van der Waals surface area contributed by atoms with Crippen LogP contribution in [-0.4, -0.2) is 48.9 Å². The van der Waals surface area contributed by atoms with Gasteiger partial charge in [-0.3, -0.25) is 4.90 Å². The summed E-state index contributed by atoms with van der Waals surface area (Å²) in [6.45, 7) is 4.43. The molecule has 1 aliphatic carbocycles. The third-order valence-electron chi connectivity index (χ3n) is 5.37. The Balaban J connectivity index is 1.35. The van der Waals surface area contributed by atoms with Crippen molar-refractivity contribution in [3.8, 4) is 5.75 Å². The maximum absolute atomic E-state index is 5.36. The van der Waals surface area contributed by atoms with Crippen molar-refractivity contribution in [2.24, 2.45) is 5.41 Å². The smallest absolute Gasteiger partial charge is 0.119 e. The second kappa shape index (κ2) is 4.02. The predicted octanol–water partition coefficient (Wildman–Crippen LogP) is 2.30. The molecule has 0 radical (unpaired) electrons. The summed E-state index contributed by atoms with van der Waals surface area (Å²) in [5.41, 5.74) is 1.85. The van der Waals surface area contributed by atoms with Crippen molar-refractivity contribution < 1.29 is 9.47 Å². The summed E-state index contributed by atoms with van der Waals surface area (Å²) in [7, 11) is 1.72. The molecule has 0 bridgehead atoms. The molecule has 2 aliphatic heterocycles. The Morgan fingerprint density at radius 1 is 1.19 bits per heavy atom. The number of fused-ring (bicyclic) bond motifs is 1. The van der Waals surface area contributed by atoms with Crippen molar-refractivity contribution in [3.05, 3.63) is 30.5 Å². The lowest BCUT2D eigenvalue weighted by Crippen LogP contribution is -2.66. The molecule has 3 aliphatic rings. The molecule has 21 heavy (non-hydrogen) atoms. The van der Waals surface area contributed by atoms with Crippen molar-refractivity contribution >= 4 is 10.9 Å². The predicted molar refractivity (Wildman–Crippen MR) is 80.8 cm³/mol. The molecule has 3 heterocycles. The third kappa shape index (κ3) is 1.69. The first-order valence-corrected chi connectivity index (χ1v) is 7.74. The second-order valence-electron chi connectivity index (χ2n) is 6.92. The van der Waals surface area contributed by atoms with Gasteiger partial charge in [-0.2, -0.15) is 0 Å². The van der Waals surface area contributed by atoms with Crippen LogP contribution in [0.5, 0.6) is 5.75 Å². The lowest BCUT2D eigenvalue weighted by molar-refractivity contribution is -0.191. The van der Waals surface area contributed by atoms with E-state index in [1.54, 1.807) is 7.11 Å². The van der Waals surface area contributed by atoms with E-state index in [0.717, 1.165) is 25.0 Å². The quantitative estimate of drug-likeness (QED) is 0.865. The molecule has 2 unspecified atom stereocenters. The first-order valence-electron chi connectivity index (χ1n) is 7.74. The van der Waals surface area contributed by atoms with Crippen molar-refractivity contribution in [3.63, 3.8) is 0 Å². The fraction of sp³-hybridized carbons (Fsp3) is 0.529. The maximum atomic E-state index is 5.36. The van der Waals surface area contributed by atoms with Crippen LogP contribution in [0.3, 0.4) is 0 Å². The van der Waals surface area contributed by atoms with E-state index in [9.17, 15) is 0 Å². The molecule has 4 nitrogen and oxygen atoms in total. The average Bonchev–Trinajstić information content (AvgIpc) is 3.06. The zero-order valence-corrected chi connectivity index (χ0v) is 12.3. The highest BCUT2D eigenvalue weighted by molar-refractivity contribution is 5.82. The average molecular weight is 284 g/mol. The van der Waals surface area contributed by atoms with Gasteiger partial charge in [-0.15, -0.1) is 0 Å². The normalized spacial score (nSPS) is 30.1. The van der Waals surface area contributed by atoms with Crippen LogP contribution in [-0.2, 0) is 4.74 Å². The van der Waals surface area contributed by atoms with Gasteiger partial charge in [0.2, 0.25) is 0 Å². The van der Waals surface area contributed by atoms with Crippen LogP contribution >= 0.6 is 0 Å². The molecule has 2 atom stereocenters. The van der Waals surface area contributed by atoms with Crippen LogP contribution < -0.4 is 4.74 Å². The van der Waals surface area contributed by atoms with Gasteiger partial charge in [0.25, 0.3) is 0 Å². The summed E-state index contributed by atoms with van der Waals surface area (Å²) in [6, 6.07) is 9.93. The summed E-state index contributed by atoms with van der Waals surface area (Å²) < 4.78 is 13.1. The molecule has 1 saturated carbocycles.